The highest BCUT2D eigenvalue weighted by Crippen LogP contribution is 2.24. The van der Waals surface area contributed by atoms with E-state index >= 15 is 0 Å². The van der Waals surface area contributed by atoms with Crippen LogP contribution in [0, 0.1) is 0 Å². The van der Waals surface area contributed by atoms with Crippen LogP contribution < -0.4 is 10.0 Å². The van der Waals surface area contributed by atoms with Gasteiger partial charge in [-0.1, -0.05) is 23.2 Å². The first-order chi connectivity index (χ1) is 10.2. The van der Waals surface area contributed by atoms with Crippen LogP contribution in [-0.4, -0.2) is 47.5 Å². The SMILES string of the molecule is O=S1(=O)CC[C@@H](NCCNS(=O)(=O)c2ccc(Cl)c(Cl)c2)C1. The summed E-state index contributed by atoms with van der Waals surface area (Å²) < 4.78 is 49.1. The van der Waals surface area contributed by atoms with Gasteiger partial charge in [-0.25, -0.2) is 21.6 Å². The van der Waals surface area contributed by atoms with Crippen LogP contribution in [-0.2, 0) is 19.9 Å². The summed E-state index contributed by atoms with van der Waals surface area (Å²) in [6, 6.07) is 3.95. The minimum Gasteiger partial charge on any atom is -0.312 e. The number of halogens is 2. The molecule has 1 aliphatic rings. The monoisotopic (exact) mass is 386 g/mol. The molecule has 1 atom stereocenters. The molecule has 1 aromatic carbocycles. The minimum absolute atomic E-state index is 0.0327. The molecule has 10 heteroatoms. The molecule has 0 amide bonds. The molecule has 124 valence electrons. The fourth-order valence-electron chi connectivity index (χ4n) is 2.15. The van der Waals surface area contributed by atoms with Gasteiger partial charge >= 0.3 is 0 Å². The van der Waals surface area contributed by atoms with Crippen LogP contribution in [0.4, 0.5) is 0 Å². The summed E-state index contributed by atoms with van der Waals surface area (Å²) in [6.45, 7) is 0.500. The minimum atomic E-state index is -3.67. The van der Waals surface area contributed by atoms with Gasteiger partial charge in [-0.3, -0.25) is 0 Å². The Balaban J connectivity index is 1.84. The number of nitrogens with one attached hydrogen (secondary N) is 2. The third-order valence-electron chi connectivity index (χ3n) is 3.28. The van der Waals surface area contributed by atoms with Crippen molar-refractivity contribution >= 4 is 43.1 Å². The largest absolute Gasteiger partial charge is 0.312 e. The second-order valence-corrected chi connectivity index (χ2v) is 9.84. The Labute approximate surface area is 140 Å². The zero-order valence-electron chi connectivity index (χ0n) is 11.6. The zero-order chi connectivity index (χ0) is 16.4. The van der Waals surface area contributed by atoms with Gasteiger partial charge in [-0.05, 0) is 24.6 Å². The summed E-state index contributed by atoms with van der Waals surface area (Å²) in [5.41, 5.74) is 0. The maximum Gasteiger partial charge on any atom is 0.240 e. The quantitative estimate of drug-likeness (QED) is 0.712. The van der Waals surface area contributed by atoms with Crippen molar-refractivity contribution in [2.24, 2.45) is 0 Å². The molecule has 0 radical (unpaired) electrons. The van der Waals surface area contributed by atoms with Gasteiger partial charge < -0.3 is 5.32 Å². The molecule has 1 heterocycles. The van der Waals surface area contributed by atoms with E-state index in [9.17, 15) is 16.8 Å². The molecule has 1 fully saturated rings. The average Bonchev–Trinajstić information content (AvgIpc) is 2.77. The lowest BCUT2D eigenvalue weighted by Crippen LogP contribution is -2.37. The smallest absolute Gasteiger partial charge is 0.240 e. The molecule has 6 nitrogen and oxygen atoms in total. The Hall–Kier alpha value is -0.380. The van der Waals surface area contributed by atoms with Crippen molar-refractivity contribution in [3.05, 3.63) is 28.2 Å². The molecule has 0 spiro atoms. The zero-order valence-corrected chi connectivity index (χ0v) is 14.7. The fraction of sp³-hybridized carbons (Fsp3) is 0.500. The van der Waals surface area contributed by atoms with Gasteiger partial charge in [0.2, 0.25) is 10.0 Å². The van der Waals surface area contributed by atoms with E-state index in [0.29, 0.717) is 13.0 Å². The first-order valence-electron chi connectivity index (χ1n) is 6.58. The van der Waals surface area contributed by atoms with Crippen molar-refractivity contribution < 1.29 is 16.8 Å². The average molecular weight is 387 g/mol. The maximum atomic E-state index is 12.1. The van der Waals surface area contributed by atoms with Crippen molar-refractivity contribution in [2.45, 2.75) is 17.4 Å². The van der Waals surface area contributed by atoms with E-state index in [-0.39, 0.29) is 39.0 Å². The van der Waals surface area contributed by atoms with Gasteiger partial charge in [0.1, 0.15) is 0 Å². The highest BCUT2D eigenvalue weighted by atomic mass is 35.5. The number of sulfonamides is 1. The normalized spacial score (nSPS) is 21.1. The predicted molar refractivity (Wildman–Crippen MR) is 86.7 cm³/mol. The molecule has 1 aromatic rings. The van der Waals surface area contributed by atoms with Crippen LogP contribution in [0.1, 0.15) is 6.42 Å². The standard InChI is InChI=1S/C12H16Cl2N2O4S2/c13-11-2-1-10(7-12(11)14)22(19,20)16-5-4-15-9-3-6-21(17,18)8-9/h1-2,7,9,15-16H,3-6,8H2/t9-/m1/s1. The van der Waals surface area contributed by atoms with Crippen LogP contribution in [0.5, 0.6) is 0 Å². The molecule has 0 saturated carbocycles. The third-order valence-corrected chi connectivity index (χ3v) is 7.25. The van der Waals surface area contributed by atoms with E-state index in [2.05, 4.69) is 10.0 Å². The Kier molecular flexibility index (Phi) is 5.73. The lowest BCUT2D eigenvalue weighted by atomic mass is 10.3. The summed E-state index contributed by atoms with van der Waals surface area (Å²) in [5, 5.41) is 3.48. The molecule has 0 bridgehead atoms. The molecule has 22 heavy (non-hydrogen) atoms. The first-order valence-corrected chi connectivity index (χ1v) is 10.6. The van der Waals surface area contributed by atoms with Crippen LogP contribution >= 0.6 is 23.2 Å². The van der Waals surface area contributed by atoms with Gasteiger partial charge in [0.05, 0.1) is 26.4 Å². The molecule has 0 aliphatic carbocycles. The second-order valence-electron chi connectivity index (χ2n) is 5.03. The van der Waals surface area contributed by atoms with E-state index in [1.165, 1.54) is 18.2 Å². The molecule has 1 saturated heterocycles. The molecular weight excluding hydrogens is 371 g/mol. The first kappa shape index (κ1) is 18.0. The molecule has 1 aliphatic heterocycles. The van der Waals surface area contributed by atoms with Crippen molar-refractivity contribution in [3.63, 3.8) is 0 Å². The lowest BCUT2D eigenvalue weighted by Gasteiger charge is -2.11. The Bertz CT molecular complexity index is 750. The summed E-state index contributed by atoms with van der Waals surface area (Å²) in [7, 11) is -6.61. The molecule has 0 unspecified atom stereocenters. The third kappa shape index (κ3) is 4.81. The van der Waals surface area contributed by atoms with Crippen LogP contribution in [0.15, 0.2) is 23.1 Å². The topological polar surface area (TPSA) is 92.3 Å². The number of sulfone groups is 1. The second kappa shape index (κ2) is 7.02. The summed E-state index contributed by atoms with van der Waals surface area (Å²) in [5.74, 6) is 0.284. The maximum absolute atomic E-state index is 12.1. The summed E-state index contributed by atoms with van der Waals surface area (Å²) in [4.78, 5) is 0.0327. The Morgan fingerprint density at radius 1 is 1.18 bits per heavy atom. The summed E-state index contributed by atoms with van der Waals surface area (Å²) in [6.07, 6.45) is 0.557. The predicted octanol–water partition coefficient (Wildman–Crippen LogP) is 1.05. The van der Waals surface area contributed by atoms with Crippen LogP contribution in [0.25, 0.3) is 0 Å². The molecule has 2 N–H and O–H groups in total. The van der Waals surface area contributed by atoms with Crippen LogP contribution in [0.2, 0.25) is 10.0 Å². The van der Waals surface area contributed by atoms with E-state index in [1.807, 2.05) is 0 Å². The highest BCUT2D eigenvalue weighted by Gasteiger charge is 2.27. The molecule has 2 rings (SSSR count). The number of rotatable bonds is 6. The van der Waals surface area contributed by atoms with E-state index in [0.717, 1.165) is 0 Å². The molecular formula is C12H16Cl2N2O4S2. The van der Waals surface area contributed by atoms with E-state index < -0.39 is 19.9 Å². The van der Waals surface area contributed by atoms with Crippen molar-refractivity contribution in [2.75, 3.05) is 24.6 Å². The van der Waals surface area contributed by atoms with Gasteiger partial charge in [0.25, 0.3) is 0 Å². The molecule has 0 aromatic heterocycles. The van der Waals surface area contributed by atoms with Crippen molar-refractivity contribution in [1.82, 2.24) is 10.0 Å². The highest BCUT2D eigenvalue weighted by molar-refractivity contribution is 7.91. The fourth-order valence-corrected chi connectivity index (χ4v) is 5.27. The van der Waals surface area contributed by atoms with Crippen molar-refractivity contribution in [1.29, 1.82) is 0 Å². The van der Waals surface area contributed by atoms with E-state index in [1.54, 1.807) is 0 Å². The van der Waals surface area contributed by atoms with Gasteiger partial charge in [-0.2, -0.15) is 0 Å². The van der Waals surface area contributed by atoms with Gasteiger partial charge in [0, 0.05) is 19.1 Å². The van der Waals surface area contributed by atoms with E-state index in [4.69, 9.17) is 23.2 Å². The van der Waals surface area contributed by atoms with Crippen molar-refractivity contribution in [3.8, 4) is 0 Å². The number of hydrogen-bond donors (Lipinski definition) is 2. The number of hydrogen-bond acceptors (Lipinski definition) is 5. The van der Waals surface area contributed by atoms with Crippen LogP contribution in [0.3, 0.4) is 0 Å². The van der Waals surface area contributed by atoms with Gasteiger partial charge in [0.15, 0.2) is 9.84 Å². The summed E-state index contributed by atoms with van der Waals surface area (Å²) >= 11 is 11.5. The number of benzene rings is 1. The Morgan fingerprint density at radius 3 is 2.50 bits per heavy atom. The Morgan fingerprint density at radius 2 is 1.91 bits per heavy atom. The lowest BCUT2D eigenvalue weighted by molar-refractivity contribution is 0.542. The van der Waals surface area contributed by atoms with Gasteiger partial charge in [-0.15, -0.1) is 0 Å².